The second-order valence-corrected chi connectivity index (χ2v) is 6.50. The lowest BCUT2D eigenvalue weighted by molar-refractivity contribution is -0.139. The number of hydrogen-bond donors (Lipinski definition) is 1. The number of ether oxygens (including phenoxy) is 1. The van der Waals surface area contributed by atoms with Gasteiger partial charge in [-0.25, -0.2) is 4.98 Å². The van der Waals surface area contributed by atoms with Crippen molar-refractivity contribution in [3.05, 3.63) is 32.5 Å². The zero-order chi connectivity index (χ0) is 14.7. The average molecular weight is 310 g/mol. The van der Waals surface area contributed by atoms with Gasteiger partial charge in [-0.1, -0.05) is 0 Å². The second kappa shape index (κ2) is 6.15. The Hall–Kier alpha value is -1.73. The van der Waals surface area contributed by atoms with Gasteiger partial charge in [0, 0.05) is 15.1 Å². The molecule has 5 nitrogen and oxygen atoms in total. The van der Waals surface area contributed by atoms with Crippen LogP contribution in [0.5, 0.6) is 0 Å². The zero-order valence-corrected chi connectivity index (χ0v) is 13.0. The topological polar surface area (TPSA) is 68.3 Å². The van der Waals surface area contributed by atoms with Crippen LogP contribution in [0.15, 0.2) is 11.4 Å². The van der Waals surface area contributed by atoms with Gasteiger partial charge in [0.15, 0.2) is 5.13 Å². The fourth-order valence-corrected chi connectivity index (χ4v) is 3.31. The van der Waals surface area contributed by atoms with Gasteiger partial charge in [0.2, 0.25) is 0 Å². The third kappa shape index (κ3) is 3.43. The molecular formula is C13H14N2O3S2. The monoisotopic (exact) mass is 310 g/mol. The maximum Gasteiger partial charge on any atom is 0.311 e. The molecule has 7 heteroatoms. The molecule has 20 heavy (non-hydrogen) atoms. The first-order chi connectivity index (χ1) is 9.49. The van der Waals surface area contributed by atoms with Gasteiger partial charge in [0.05, 0.1) is 24.8 Å². The van der Waals surface area contributed by atoms with E-state index in [9.17, 15) is 9.59 Å². The average Bonchev–Trinajstić information content (AvgIpc) is 2.95. The number of rotatable bonds is 4. The van der Waals surface area contributed by atoms with E-state index in [1.807, 2.05) is 19.9 Å². The lowest BCUT2D eigenvalue weighted by atomic mass is 10.2. The summed E-state index contributed by atoms with van der Waals surface area (Å²) in [6.45, 7) is 3.88. The van der Waals surface area contributed by atoms with Gasteiger partial charge in [-0.3, -0.25) is 14.9 Å². The van der Waals surface area contributed by atoms with Crippen LogP contribution < -0.4 is 5.32 Å². The van der Waals surface area contributed by atoms with E-state index in [4.69, 9.17) is 0 Å². The van der Waals surface area contributed by atoms with Crippen molar-refractivity contribution < 1.29 is 14.3 Å². The number of aromatic nitrogens is 1. The number of nitrogens with one attached hydrogen (secondary N) is 1. The number of carbonyl (C=O) groups is 2. The van der Waals surface area contributed by atoms with Crippen LogP contribution >= 0.6 is 22.7 Å². The van der Waals surface area contributed by atoms with Crippen molar-refractivity contribution in [2.45, 2.75) is 20.3 Å². The first-order valence-corrected chi connectivity index (χ1v) is 7.59. The number of hydrogen-bond acceptors (Lipinski definition) is 6. The van der Waals surface area contributed by atoms with Crippen molar-refractivity contribution in [1.82, 2.24) is 4.98 Å². The lowest BCUT2D eigenvalue weighted by Crippen LogP contribution is -2.12. The van der Waals surface area contributed by atoms with Crippen LogP contribution in [0.4, 0.5) is 5.13 Å². The molecule has 2 aromatic rings. The summed E-state index contributed by atoms with van der Waals surface area (Å²) in [5.41, 5.74) is 1.26. The van der Waals surface area contributed by atoms with Gasteiger partial charge in [0.1, 0.15) is 0 Å². The Labute approximate surface area is 124 Å². The number of methoxy groups -OCH3 is 1. The number of nitrogens with zero attached hydrogens (tertiary/aromatic N) is 1. The molecular weight excluding hydrogens is 296 g/mol. The summed E-state index contributed by atoms with van der Waals surface area (Å²) in [5, 5.41) is 4.96. The van der Waals surface area contributed by atoms with Crippen LogP contribution in [-0.2, 0) is 16.0 Å². The SMILES string of the molecule is COC(=O)Cc1csc(NC(=O)c2cc(C)sc2C)n1. The highest BCUT2D eigenvalue weighted by Gasteiger charge is 2.14. The van der Waals surface area contributed by atoms with Gasteiger partial charge in [-0.15, -0.1) is 22.7 Å². The van der Waals surface area contributed by atoms with Gasteiger partial charge in [0.25, 0.3) is 5.91 Å². The number of thiazole rings is 1. The lowest BCUT2D eigenvalue weighted by Gasteiger charge is -2.00. The molecule has 0 aliphatic heterocycles. The number of esters is 1. The molecule has 1 amide bonds. The van der Waals surface area contributed by atoms with Crippen LogP contribution in [0.3, 0.4) is 0 Å². The minimum atomic E-state index is -0.350. The zero-order valence-electron chi connectivity index (χ0n) is 11.4. The van der Waals surface area contributed by atoms with E-state index in [1.54, 1.807) is 16.7 Å². The molecule has 0 aliphatic rings. The van der Waals surface area contributed by atoms with Crippen LogP contribution in [0.2, 0.25) is 0 Å². The number of aryl methyl sites for hydroxylation is 2. The fraction of sp³-hybridized carbons (Fsp3) is 0.308. The second-order valence-electron chi connectivity index (χ2n) is 4.18. The summed E-state index contributed by atoms with van der Waals surface area (Å²) in [7, 11) is 1.33. The van der Waals surface area contributed by atoms with Crippen molar-refractivity contribution in [3.63, 3.8) is 0 Å². The fourth-order valence-electron chi connectivity index (χ4n) is 1.69. The number of amides is 1. The van der Waals surface area contributed by atoms with Crippen LogP contribution in [0.1, 0.15) is 25.8 Å². The van der Waals surface area contributed by atoms with Crippen molar-refractivity contribution in [2.24, 2.45) is 0 Å². The molecule has 0 saturated carbocycles. The largest absolute Gasteiger partial charge is 0.469 e. The van der Waals surface area contributed by atoms with Crippen LogP contribution in [-0.4, -0.2) is 24.0 Å². The highest BCUT2D eigenvalue weighted by atomic mass is 32.1. The molecule has 0 unspecified atom stereocenters. The minimum Gasteiger partial charge on any atom is -0.469 e. The molecule has 0 bridgehead atoms. The molecule has 2 rings (SSSR count). The number of anilines is 1. The summed E-state index contributed by atoms with van der Waals surface area (Å²) >= 11 is 2.88. The van der Waals surface area contributed by atoms with Gasteiger partial charge >= 0.3 is 5.97 Å². The molecule has 0 fully saturated rings. The Morgan fingerprint density at radius 2 is 2.15 bits per heavy atom. The smallest absolute Gasteiger partial charge is 0.311 e. The van der Waals surface area contributed by atoms with E-state index in [-0.39, 0.29) is 18.3 Å². The molecule has 2 aromatic heterocycles. The van der Waals surface area contributed by atoms with Gasteiger partial charge in [-0.2, -0.15) is 0 Å². The first-order valence-electron chi connectivity index (χ1n) is 5.89. The number of carbonyl (C=O) groups excluding carboxylic acids is 2. The number of thiophene rings is 1. The molecule has 2 heterocycles. The molecule has 0 spiro atoms. The Morgan fingerprint density at radius 1 is 1.40 bits per heavy atom. The molecule has 106 valence electrons. The molecule has 0 atom stereocenters. The van der Waals surface area contributed by atoms with E-state index < -0.39 is 0 Å². The Morgan fingerprint density at radius 3 is 2.75 bits per heavy atom. The predicted molar refractivity (Wildman–Crippen MR) is 79.6 cm³/mol. The van der Waals surface area contributed by atoms with E-state index in [2.05, 4.69) is 15.0 Å². The highest BCUT2D eigenvalue weighted by Crippen LogP contribution is 2.23. The van der Waals surface area contributed by atoms with E-state index in [1.165, 1.54) is 18.4 Å². The Bertz CT molecular complexity index is 646. The van der Waals surface area contributed by atoms with Crippen molar-refractivity contribution in [2.75, 3.05) is 12.4 Å². The highest BCUT2D eigenvalue weighted by molar-refractivity contribution is 7.14. The van der Waals surface area contributed by atoms with E-state index in [0.717, 1.165) is 9.75 Å². The third-order valence-electron chi connectivity index (χ3n) is 2.61. The molecule has 0 aromatic carbocycles. The van der Waals surface area contributed by atoms with Gasteiger partial charge in [-0.05, 0) is 19.9 Å². The Kier molecular flexibility index (Phi) is 4.51. The first kappa shape index (κ1) is 14.7. The van der Waals surface area contributed by atoms with E-state index in [0.29, 0.717) is 16.4 Å². The molecule has 0 saturated heterocycles. The van der Waals surface area contributed by atoms with Crippen molar-refractivity contribution in [3.8, 4) is 0 Å². The quantitative estimate of drug-likeness (QED) is 0.882. The maximum absolute atomic E-state index is 12.1. The summed E-state index contributed by atoms with van der Waals surface area (Å²) < 4.78 is 4.57. The van der Waals surface area contributed by atoms with Crippen molar-refractivity contribution in [1.29, 1.82) is 0 Å². The Balaban J connectivity index is 2.05. The van der Waals surface area contributed by atoms with Gasteiger partial charge < -0.3 is 4.74 Å². The van der Waals surface area contributed by atoms with Crippen LogP contribution in [0, 0.1) is 13.8 Å². The summed E-state index contributed by atoms with van der Waals surface area (Å²) in [4.78, 5) is 29.5. The predicted octanol–water partition coefficient (Wildman–Crippen LogP) is 2.79. The summed E-state index contributed by atoms with van der Waals surface area (Å²) in [6, 6.07) is 1.86. The third-order valence-corrected chi connectivity index (χ3v) is 4.38. The van der Waals surface area contributed by atoms with E-state index >= 15 is 0 Å². The summed E-state index contributed by atoms with van der Waals surface area (Å²) in [6.07, 6.45) is 0.111. The minimum absolute atomic E-state index is 0.111. The maximum atomic E-state index is 12.1. The molecule has 0 radical (unpaired) electrons. The van der Waals surface area contributed by atoms with Crippen LogP contribution in [0.25, 0.3) is 0 Å². The summed E-state index contributed by atoms with van der Waals surface area (Å²) in [5.74, 6) is -0.525. The standard InChI is InChI=1S/C13H14N2O3S2/c1-7-4-10(8(2)20-7)12(17)15-13-14-9(6-19-13)5-11(16)18-3/h4,6H,5H2,1-3H3,(H,14,15,17). The molecule has 1 N–H and O–H groups in total. The normalized spacial score (nSPS) is 10.3. The van der Waals surface area contributed by atoms with Crippen molar-refractivity contribution >= 4 is 39.7 Å². The molecule has 0 aliphatic carbocycles.